The second kappa shape index (κ2) is 7.31. The maximum absolute atomic E-state index is 9.37. The van der Waals surface area contributed by atoms with Gasteiger partial charge in [-0.25, -0.2) is 0 Å². The number of aliphatic hydroxyl groups is 1. The van der Waals surface area contributed by atoms with Crippen molar-refractivity contribution in [1.29, 1.82) is 0 Å². The molecule has 2 aromatic rings. The second-order valence-electron chi connectivity index (χ2n) is 4.38. The third kappa shape index (κ3) is 3.99. The molecule has 0 amide bonds. The van der Waals surface area contributed by atoms with Gasteiger partial charge in [-0.2, -0.15) is 0 Å². The number of halogens is 1. The van der Waals surface area contributed by atoms with Crippen LogP contribution in [0.4, 0.5) is 0 Å². The van der Waals surface area contributed by atoms with Crippen molar-refractivity contribution in [3.05, 3.63) is 58.1 Å². The van der Waals surface area contributed by atoms with Crippen LogP contribution in [-0.2, 0) is 6.61 Å². The van der Waals surface area contributed by atoms with Gasteiger partial charge in [-0.05, 0) is 36.8 Å². The molecular weight excluding hydrogens is 320 g/mol. The highest BCUT2D eigenvalue weighted by molar-refractivity contribution is 9.10. The minimum atomic E-state index is -0.0465. The largest absolute Gasteiger partial charge is 0.490 e. The Balaban J connectivity index is 1.91. The molecule has 0 bridgehead atoms. The summed E-state index contributed by atoms with van der Waals surface area (Å²) in [5, 5.41) is 9.37. The van der Waals surface area contributed by atoms with Crippen LogP contribution in [0.3, 0.4) is 0 Å². The predicted molar refractivity (Wildman–Crippen MR) is 82.2 cm³/mol. The van der Waals surface area contributed by atoms with Crippen LogP contribution in [0.15, 0.2) is 46.9 Å². The van der Waals surface area contributed by atoms with Crippen molar-refractivity contribution in [3.63, 3.8) is 0 Å². The zero-order valence-electron chi connectivity index (χ0n) is 11.3. The molecule has 0 radical (unpaired) electrons. The van der Waals surface area contributed by atoms with Crippen LogP contribution in [0.2, 0.25) is 0 Å². The molecule has 0 aliphatic carbocycles. The second-order valence-corrected chi connectivity index (χ2v) is 5.29. The van der Waals surface area contributed by atoms with Crippen molar-refractivity contribution < 1.29 is 14.6 Å². The van der Waals surface area contributed by atoms with Crippen molar-refractivity contribution in [2.45, 2.75) is 13.5 Å². The Bertz CT molecular complexity index is 555. The summed E-state index contributed by atoms with van der Waals surface area (Å²) in [4.78, 5) is 0. The van der Waals surface area contributed by atoms with E-state index in [1.807, 2.05) is 49.4 Å². The van der Waals surface area contributed by atoms with Gasteiger partial charge in [0.1, 0.15) is 24.7 Å². The van der Waals surface area contributed by atoms with E-state index in [1.54, 1.807) is 0 Å². The summed E-state index contributed by atoms with van der Waals surface area (Å²) in [5.74, 6) is 1.55. The van der Waals surface area contributed by atoms with Gasteiger partial charge in [0, 0.05) is 10.0 Å². The fourth-order valence-corrected chi connectivity index (χ4v) is 2.56. The first-order valence-corrected chi connectivity index (χ1v) is 7.20. The Labute approximate surface area is 127 Å². The molecule has 0 aliphatic rings. The highest BCUT2D eigenvalue weighted by atomic mass is 79.9. The van der Waals surface area contributed by atoms with Crippen LogP contribution in [0.5, 0.6) is 11.5 Å². The number of aliphatic hydroxyl groups excluding tert-OH is 1. The molecule has 4 heteroatoms. The molecule has 0 fully saturated rings. The van der Waals surface area contributed by atoms with Gasteiger partial charge in [-0.3, -0.25) is 0 Å². The third-order valence-corrected chi connectivity index (χ3v) is 3.29. The van der Waals surface area contributed by atoms with Crippen LogP contribution in [0, 0.1) is 6.92 Å². The molecule has 0 aromatic heterocycles. The standard InChI is InChI=1S/C16H17BrO3/c1-12-9-14(17)10-13(11-18)16(12)20-8-7-19-15-5-3-2-4-6-15/h2-6,9-10,18H,7-8,11H2,1H3. The first kappa shape index (κ1) is 14.9. The summed E-state index contributed by atoms with van der Waals surface area (Å²) in [6.07, 6.45) is 0. The molecule has 3 nitrogen and oxygen atoms in total. The number of para-hydroxylation sites is 1. The zero-order chi connectivity index (χ0) is 14.4. The monoisotopic (exact) mass is 336 g/mol. The third-order valence-electron chi connectivity index (χ3n) is 2.83. The Morgan fingerprint density at radius 2 is 1.75 bits per heavy atom. The number of hydrogen-bond acceptors (Lipinski definition) is 3. The van der Waals surface area contributed by atoms with Gasteiger partial charge in [0.2, 0.25) is 0 Å². The molecule has 0 aliphatic heterocycles. The highest BCUT2D eigenvalue weighted by Gasteiger charge is 2.08. The van der Waals surface area contributed by atoms with E-state index in [2.05, 4.69) is 15.9 Å². The first-order valence-electron chi connectivity index (χ1n) is 6.41. The lowest BCUT2D eigenvalue weighted by atomic mass is 10.1. The van der Waals surface area contributed by atoms with Gasteiger partial charge < -0.3 is 14.6 Å². The predicted octanol–water partition coefficient (Wildman–Crippen LogP) is 3.71. The van der Waals surface area contributed by atoms with Gasteiger partial charge in [0.05, 0.1) is 6.61 Å². The van der Waals surface area contributed by atoms with Crippen LogP contribution in [0.25, 0.3) is 0 Å². The summed E-state index contributed by atoms with van der Waals surface area (Å²) in [6.45, 7) is 2.81. The Morgan fingerprint density at radius 1 is 1.05 bits per heavy atom. The smallest absolute Gasteiger partial charge is 0.127 e. The van der Waals surface area contributed by atoms with E-state index in [4.69, 9.17) is 9.47 Å². The lowest BCUT2D eigenvalue weighted by Crippen LogP contribution is -2.10. The van der Waals surface area contributed by atoms with Crippen molar-refractivity contribution in [2.75, 3.05) is 13.2 Å². The number of benzene rings is 2. The maximum Gasteiger partial charge on any atom is 0.127 e. The number of aryl methyl sites for hydroxylation is 1. The van der Waals surface area contributed by atoms with E-state index in [9.17, 15) is 5.11 Å². The molecule has 1 N–H and O–H groups in total. The highest BCUT2D eigenvalue weighted by Crippen LogP contribution is 2.28. The Hall–Kier alpha value is -1.52. The van der Waals surface area contributed by atoms with Gasteiger partial charge in [-0.15, -0.1) is 0 Å². The summed E-state index contributed by atoms with van der Waals surface area (Å²) < 4.78 is 12.2. The average Bonchev–Trinajstić information content (AvgIpc) is 2.45. The summed E-state index contributed by atoms with van der Waals surface area (Å²) in [5.41, 5.74) is 1.76. The molecular formula is C16H17BrO3. The van der Waals surface area contributed by atoms with Crippen LogP contribution in [-0.4, -0.2) is 18.3 Å². The fraction of sp³-hybridized carbons (Fsp3) is 0.250. The lowest BCUT2D eigenvalue weighted by Gasteiger charge is -2.14. The molecule has 0 unspecified atom stereocenters. The summed E-state index contributed by atoms with van der Waals surface area (Å²) in [6, 6.07) is 13.4. The van der Waals surface area contributed by atoms with E-state index < -0.39 is 0 Å². The van der Waals surface area contributed by atoms with Crippen LogP contribution < -0.4 is 9.47 Å². The Morgan fingerprint density at radius 3 is 2.45 bits per heavy atom. The molecule has 0 saturated heterocycles. The fourth-order valence-electron chi connectivity index (χ4n) is 1.94. The summed E-state index contributed by atoms with van der Waals surface area (Å²) in [7, 11) is 0. The first-order chi connectivity index (χ1) is 9.70. The minimum absolute atomic E-state index is 0.0465. The minimum Gasteiger partial charge on any atom is -0.490 e. The molecule has 0 atom stereocenters. The molecule has 20 heavy (non-hydrogen) atoms. The van der Waals surface area contributed by atoms with Crippen molar-refractivity contribution in [3.8, 4) is 11.5 Å². The van der Waals surface area contributed by atoms with Gasteiger partial charge in [-0.1, -0.05) is 34.1 Å². The van der Waals surface area contributed by atoms with Gasteiger partial charge in [0.25, 0.3) is 0 Å². The normalized spacial score (nSPS) is 10.3. The summed E-state index contributed by atoms with van der Waals surface area (Å²) >= 11 is 3.41. The van der Waals surface area contributed by atoms with E-state index in [0.717, 1.165) is 27.1 Å². The van der Waals surface area contributed by atoms with E-state index in [1.165, 1.54) is 0 Å². The number of hydrogen-bond donors (Lipinski definition) is 1. The average molecular weight is 337 g/mol. The van der Waals surface area contributed by atoms with Crippen molar-refractivity contribution >= 4 is 15.9 Å². The zero-order valence-corrected chi connectivity index (χ0v) is 12.9. The Kier molecular flexibility index (Phi) is 5.44. The van der Waals surface area contributed by atoms with Crippen LogP contribution in [0.1, 0.15) is 11.1 Å². The molecule has 0 saturated carbocycles. The van der Waals surface area contributed by atoms with E-state index >= 15 is 0 Å². The maximum atomic E-state index is 9.37. The molecule has 106 valence electrons. The van der Waals surface area contributed by atoms with Crippen LogP contribution >= 0.6 is 15.9 Å². The van der Waals surface area contributed by atoms with Crippen molar-refractivity contribution in [1.82, 2.24) is 0 Å². The van der Waals surface area contributed by atoms with E-state index in [-0.39, 0.29) is 6.61 Å². The van der Waals surface area contributed by atoms with Crippen molar-refractivity contribution in [2.24, 2.45) is 0 Å². The number of rotatable bonds is 6. The molecule has 2 rings (SSSR count). The lowest BCUT2D eigenvalue weighted by molar-refractivity contribution is 0.209. The number of ether oxygens (including phenoxy) is 2. The molecule has 0 heterocycles. The SMILES string of the molecule is Cc1cc(Br)cc(CO)c1OCCOc1ccccc1. The molecule has 2 aromatic carbocycles. The molecule has 0 spiro atoms. The van der Waals surface area contributed by atoms with Gasteiger partial charge in [0.15, 0.2) is 0 Å². The quantitative estimate of drug-likeness (QED) is 0.817. The van der Waals surface area contributed by atoms with E-state index in [0.29, 0.717) is 13.2 Å². The van der Waals surface area contributed by atoms with Gasteiger partial charge >= 0.3 is 0 Å². The topological polar surface area (TPSA) is 38.7 Å².